The molecular weight excluding hydrogens is 409 g/mol. The van der Waals surface area contributed by atoms with Crippen LogP contribution in [0.4, 0.5) is 10.1 Å². The van der Waals surface area contributed by atoms with Gasteiger partial charge in [0.1, 0.15) is 5.82 Å². The van der Waals surface area contributed by atoms with Crippen LogP contribution >= 0.6 is 0 Å². The number of nitrogens with one attached hydrogen (secondary N) is 2. The number of halogens is 1. The van der Waals surface area contributed by atoms with Crippen LogP contribution in [0.3, 0.4) is 0 Å². The highest BCUT2D eigenvalue weighted by Crippen LogP contribution is 2.41. The number of carbonyl (C=O) groups is 2. The zero-order valence-corrected chi connectivity index (χ0v) is 18.7. The smallest absolute Gasteiger partial charge is 0.239 e. The Balaban J connectivity index is 1.06. The predicted molar refractivity (Wildman–Crippen MR) is 121 cm³/mol. The summed E-state index contributed by atoms with van der Waals surface area (Å²) in [5, 5.41) is 6.44. The molecule has 2 N–H and O–H groups in total. The third-order valence-corrected chi connectivity index (χ3v) is 7.97. The van der Waals surface area contributed by atoms with Gasteiger partial charge in [0, 0.05) is 57.5 Å². The van der Waals surface area contributed by atoms with Crippen LogP contribution in [-0.4, -0.2) is 86.1 Å². The number of rotatable bonds is 5. The number of amides is 2. The molecular formula is C24H34FN5O2. The van der Waals surface area contributed by atoms with Crippen molar-refractivity contribution >= 4 is 17.5 Å². The fourth-order valence-electron chi connectivity index (χ4n) is 5.65. The van der Waals surface area contributed by atoms with Crippen LogP contribution < -0.4 is 15.5 Å². The first kappa shape index (κ1) is 21.6. The second-order valence-electron chi connectivity index (χ2n) is 9.87. The van der Waals surface area contributed by atoms with Gasteiger partial charge in [0.25, 0.3) is 0 Å². The van der Waals surface area contributed by atoms with E-state index in [0.29, 0.717) is 13.1 Å². The minimum atomic E-state index is -0.282. The fourth-order valence-corrected chi connectivity index (χ4v) is 5.65. The molecule has 4 aliphatic rings. The molecule has 5 rings (SSSR count). The zero-order valence-electron chi connectivity index (χ0n) is 18.7. The average Bonchev–Trinajstić information content (AvgIpc) is 3.07. The van der Waals surface area contributed by atoms with E-state index in [9.17, 15) is 14.0 Å². The number of nitrogens with zero attached hydrogens (tertiary/aromatic N) is 3. The Bertz CT molecular complexity index is 827. The maximum absolute atomic E-state index is 13.2. The van der Waals surface area contributed by atoms with Crippen LogP contribution in [0.2, 0.25) is 0 Å². The van der Waals surface area contributed by atoms with Gasteiger partial charge in [0.2, 0.25) is 11.8 Å². The summed E-state index contributed by atoms with van der Waals surface area (Å²) in [5.74, 6) is 0.203. The first-order valence-corrected chi connectivity index (χ1v) is 12.1. The summed E-state index contributed by atoms with van der Waals surface area (Å²) in [6.07, 6.45) is 4.36. The van der Waals surface area contributed by atoms with Crippen molar-refractivity contribution in [1.82, 2.24) is 20.4 Å². The molecule has 1 aromatic carbocycles. The molecule has 0 bridgehead atoms. The van der Waals surface area contributed by atoms with Crippen molar-refractivity contribution in [3.05, 3.63) is 30.1 Å². The van der Waals surface area contributed by atoms with E-state index in [1.165, 1.54) is 12.1 Å². The topological polar surface area (TPSA) is 67.9 Å². The van der Waals surface area contributed by atoms with Gasteiger partial charge in [-0.3, -0.25) is 14.5 Å². The monoisotopic (exact) mass is 443 g/mol. The van der Waals surface area contributed by atoms with Crippen molar-refractivity contribution in [3.8, 4) is 0 Å². The van der Waals surface area contributed by atoms with Crippen molar-refractivity contribution in [1.29, 1.82) is 0 Å². The number of piperidine rings is 1. The van der Waals surface area contributed by atoms with Crippen molar-refractivity contribution in [2.45, 2.75) is 44.2 Å². The van der Waals surface area contributed by atoms with E-state index in [2.05, 4.69) is 20.4 Å². The first-order chi connectivity index (χ1) is 15.5. The lowest BCUT2D eigenvalue weighted by molar-refractivity contribution is -0.141. The van der Waals surface area contributed by atoms with Gasteiger partial charge in [-0.1, -0.05) is 0 Å². The zero-order chi connectivity index (χ0) is 22.1. The minimum absolute atomic E-state index is 0.00210. The van der Waals surface area contributed by atoms with Gasteiger partial charge in [-0.05, 0) is 62.9 Å². The standard InChI is InChI=1S/C24H34FN5O2/c25-18-1-3-20(4-2-18)29-15-13-28(14-16-29)10-6-19-17-24(23(32)27-19)7-11-30(12-8-24)22(31)21-5-9-26-21/h1-4,19,21,26H,5-17H2,(H,27,32)/t19-,21-/m0/s1. The summed E-state index contributed by atoms with van der Waals surface area (Å²) in [4.78, 5) is 32.0. The van der Waals surface area contributed by atoms with Crippen LogP contribution in [0, 0.1) is 11.2 Å². The number of piperazine rings is 1. The lowest BCUT2D eigenvalue weighted by Gasteiger charge is -2.40. The molecule has 4 saturated heterocycles. The van der Waals surface area contributed by atoms with Crippen molar-refractivity contribution in [2.24, 2.45) is 5.41 Å². The predicted octanol–water partition coefficient (Wildman–Crippen LogP) is 1.20. The SMILES string of the molecule is O=C([C@@H]1CCN1)N1CCC2(CC1)C[C@H](CCN1CCN(c3ccc(F)cc3)CC1)NC2=O. The van der Waals surface area contributed by atoms with E-state index in [1.54, 1.807) is 0 Å². The maximum Gasteiger partial charge on any atom is 0.239 e. The minimum Gasteiger partial charge on any atom is -0.369 e. The van der Waals surface area contributed by atoms with Gasteiger partial charge in [-0.2, -0.15) is 0 Å². The molecule has 4 aliphatic heterocycles. The van der Waals surface area contributed by atoms with Crippen molar-refractivity contribution < 1.29 is 14.0 Å². The molecule has 0 unspecified atom stereocenters. The Labute approximate surface area is 189 Å². The van der Waals surface area contributed by atoms with Gasteiger partial charge in [-0.15, -0.1) is 0 Å². The molecule has 0 aromatic heterocycles. The van der Waals surface area contributed by atoms with E-state index < -0.39 is 0 Å². The molecule has 4 fully saturated rings. The molecule has 2 atom stereocenters. The van der Waals surface area contributed by atoms with Crippen molar-refractivity contribution in [2.75, 3.05) is 57.3 Å². The molecule has 4 heterocycles. The molecule has 32 heavy (non-hydrogen) atoms. The Kier molecular flexibility index (Phi) is 6.07. The van der Waals surface area contributed by atoms with E-state index in [-0.39, 0.29) is 35.1 Å². The highest BCUT2D eigenvalue weighted by molar-refractivity contribution is 5.86. The first-order valence-electron chi connectivity index (χ1n) is 12.1. The fraction of sp³-hybridized carbons (Fsp3) is 0.667. The largest absolute Gasteiger partial charge is 0.369 e. The van der Waals surface area contributed by atoms with E-state index in [4.69, 9.17) is 0 Å². The number of carbonyl (C=O) groups excluding carboxylic acids is 2. The molecule has 0 saturated carbocycles. The summed E-state index contributed by atoms with van der Waals surface area (Å²) in [6, 6.07) is 6.96. The number of likely N-dealkylation sites (tertiary alicyclic amines) is 1. The summed E-state index contributed by atoms with van der Waals surface area (Å²) in [7, 11) is 0. The maximum atomic E-state index is 13.2. The molecule has 8 heteroatoms. The van der Waals surface area contributed by atoms with Gasteiger partial charge in [-0.25, -0.2) is 4.39 Å². The molecule has 2 amide bonds. The van der Waals surface area contributed by atoms with Crippen LogP contribution in [-0.2, 0) is 9.59 Å². The van der Waals surface area contributed by atoms with Crippen molar-refractivity contribution in [3.63, 3.8) is 0 Å². The Morgan fingerprint density at radius 2 is 1.75 bits per heavy atom. The Morgan fingerprint density at radius 1 is 1.06 bits per heavy atom. The number of hydrogen-bond donors (Lipinski definition) is 2. The van der Waals surface area contributed by atoms with Gasteiger partial charge >= 0.3 is 0 Å². The molecule has 7 nitrogen and oxygen atoms in total. The number of benzene rings is 1. The second-order valence-corrected chi connectivity index (χ2v) is 9.87. The highest BCUT2D eigenvalue weighted by Gasteiger charge is 2.49. The molecule has 1 spiro atoms. The Morgan fingerprint density at radius 3 is 2.38 bits per heavy atom. The Hall–Kier alpha value is -2.19. The van der Waals surface area contributed by atoms with Crippen LogP contribution in [0.15, 0.2) is 24.3 Å². The van der Waals surface area contributed by atoms with Gasteiger partial charge in [0.15, 0.2) is 0 Å². The van der Waals surface area contributed by atoms with E-state index in [0.717, 1.165) is 77.1 Å². The molecule has 0 aliphatic carbocycles. The van der Waals surface area contributed by atoms with E-state index >= 15 is 0 Å². The molecule has 1 aromatic rings. The second kappa shape index (κ2) is 8.98. The van der Waals surface area contributed by atoms with Gasteiger partial charge < -0.3 is 20.4 Å². The van der Waals surface area contributed by atoms with Crippen LogP contribution in [0.25, 0.3) is 0 Å². The third kappa shape index (κ3) is 4.35. The summed E-state index contributed by atoms with van der Waals surface area (Å²) in [5.41, 5.74) is 0.796. The van der Waals surface area contributed by atoms with E-state index in [1.807, 2.05) is 17.0 Å². The number of anilines is 1. The molecule has 0 radical (unpaired) electrons. The highest BCUT2D eigenvalue weighted by atomic mass is 19.1. The summed E-state index contributed by atoms with van der Waals surface area (Å²) < 4.78 is 13.2. The summed E-state index contributed by atoms with van der Waals surface area (Å²) in [6.45, 7) is 7.14. The normalized spacial score (nSPS) is 28.0. The van der Waals surface area contributed by atoms with Gasteiger partial charge in [0.05, 0.1) is 11.5 Å². The van der Waals surface area contributed by atoms with Crippen LogP contribution in [0.5, 0.6) is 0 Å². The summed E-state index contributed by atoms with van der Waals surface area (Å²) >= 11 is 0. The lowest BCUT2D eigenvalue weighted by atomic mass is 9.75. The molecule has 174 valence electrons. The van der Waals surface area contributed by atoms with Crippen LogP contribution in [0.1, 0.15) is 32.1 Å². The lowest BCUT2D eigenvalue weighted by Crippen LogP contribution is -2.57. The average molecular weight is 444 g/mol. The number of hydrogen-bond acceptors (Lipinski definition) is 5. The quantitative estimate of drug-likeness (QED) is 0.716. The third-order valence-electron chi connectivity index (χ3n) is 7.97.